The first-order valence-corrected chi connectivity index (χ1v) is 8.04. The lowest BCUT2D eigenvalue weighted by atomic mass is 10.2. The van der Waals surface area contributed by atoms with Crippen LogP contribution in [0, 0.1) is 0 Å². The fraction of sp³-hybridized carbons (Fsp3) is 0.625. The van der Waals surface area contributed by atoms with Crippen molar-refractivity contribution >= 4 is 23.2 Å². The fourth-order valence-electron chi connectivity index (χ4n) is 1.80. The number of halogens is 2. The molecule has 120 valence electrons. The number of nitrogens with one attached hydrogen (secondary N) is 1. The van der Waals surface area contributed by atoms with Crippen molar-refractivity contribution in [2.24, 2.45) is 0 Å². The van der Waals surface area contributed by atoms with Gasteiger partial charge in [0.2, 0.25) is 0 Å². The van der Waals surface area contributed by atoms with Crippen LogP contribution in [0.1, 0.15) is 39.7 Å². The Morgan fingerprint density at radius 3 is 2.48 bits per heavy atom. The molecule has 0 radical (unpaired) electrons. The zero-order valence-electron chi connectivity index (χ0n) is 13.3. The molecule has 1 aromatic carbocycles. The van der Waals surface area contributed by atoms with E-state index >= 15 is 0 Å². The number of benzene rings is 1. The van der Waals surface area contributed by atoms with Crippen molar-refractivity contribution in [3.8, 4) is 5.75 Å². The second-order valence-electron chi connectivity index (χ2n) is 5.86. The molecule has 0 amide bonds. The van der Waals surface area contributed by atoms with Gasteiger partial charge in [-0.05, 0) is 45.9 Å². The maximum absolute atomic E-state index is 6.24. The molecule has 0 saturated carbocycles. The van der Waals surface area contributed by atoms with E-state index in [1.54, 1.807) is 6.07 Å². The Kier molecular flexibility index (Phi) is 7.82. The van der Waals surface area contributed by atoms with Crippen LogP contribution >= 0.6 is 23.2 Å². The highest BCUT2D eigenvalue weighted by Gasteiger charge is 2.13. The molecule has 0 fully saturated rings. The second-order valence-corrected chi connectivity index (χ2v) is 6.71. The SMILES string of the molecule is CCCNCc1cc(Cl)cc(Cl)c1OCCOC(C)(C)C. The molecule has 0 heterocycles. The van der Waals surface area contributed by atoms with Crippen molar-refractivity contribution < 1.29 is 9.47 Å². The molecule has 0 atom stereocenters. The van der Waals surface area contributed by atoms with Crippen LogP contribution < -0.4 is 10.1 Å². The molecule has 0 aliphatic rings. The van der Waals surface area contributed by atoms with Crippen LogP contribution in [0.25, 0.3) is 0 Å². The van der Waals surface area contributed by atoms with E-state index in [0.29, 0.717) is 35.6 Å². The summed E-state index contributed by atoms with van der Waals surface area (Å²) >= 11 is 12.3. The van der Waals surface area contributed by atoms with Crippen molar-refractivity contribution in [3.63, 3.8) is 0 Å². The first-order valence-electron chi connectivity index (χ1n) is 7.29. The lowest BCUT2D eigenvalue weighted by Crippen LogP contribution is -2.23. The number of ether oxygens (including phenoxy) is 2. The number of hydrogen-bond donors (Lipinski definition) is 1. The van der Waals surface area contributed by atoms with Gasteiger partial charge in [0.15, 0.2) is 0 Å². The van der Waals surface area contributed by atoms with Crippen LogP contribution in [0.2, 0.25) is 10.0 Å². The summed E-state index contributed by atoms with van der Waals surface area (Å²) in [5.41, 5.74) is 0.801. The third-order valence-corrected chi connectivity index (χ3v) is 3.19. The molecule has 0 unspecified atom stereocenters. The second kappa shape index (κ2) is 8.84. The topological polar surface area (TPSA) is 30.5 Å². The van der Waals surface area contributed by atoms with Crippen LogP contribution in [-0.2, 0) is 11.3 Å². The molecule has 5 heteroatoms. The maximum atomic E-state index is 6.24. The Balaban J connectivity index is 2.65. The van der Waals surface area contributed by atoms with Crippen molar-refractivity contribution in [3.05, 3.63) is 27.7 Å². The fourth-order valence-corrected chi connectivity index (χ4v) is 2.39. The predicted octanol–water partition coefficient (Wildman–Crippen LogP) is 4.69. The van der Waals surface area contributed by atoms with E-state index in [-0.39, 0.29) is 5.60 Å². The van der Waals surface area contributed by atoms with Gasteiger partial charge in [-0.2, -0.15) is 0 Å². The normalized spacial score (nSPS) is 11.7. The van der Waals surface area contributed by atoms with Crippen molar-refractivity contribution in [1.29, 1.82) is 0 Å². The van der Waals surface area contributed by atoms with Gasteiger partial charge in [-0.1, -0.05) is 30.1 Å². The highest BCUT2D eigenvalue weighted by Crippen LogP contribution is 2.32. The number of hydrogen-bond acceptors (Lipinski definition) is 3. The number of rotatable bonds is 8. The van der Waals surface area contributed by atoms with Crippen LogP contribution in [0.4, 0.5) is 0 Å². The average molecular weight is 334 g/mol. The maximum Gasteiger partial charge on any atom is 0.142 e. The van der Waals surface area contributed by atoms with Crippen LogP contribution in [0.5, 0.6) is 5.75 Å². The summed E-state index contributed by atoms with van der Waals surface area (Å²) < 4.78 is 11.4. The van der Waals surface area contributed by atoms with E-state index < -0.39 is 0 Å². The molecule has 1 N–H and O–H groups in total. The minimum atomic E-state index is -0.168. The Morgan fingerprint density at radius 1 is 1.14 bits per heavy atom. The Morgan fingerprint density at radius 2 is 1.86 bits per heavy atom. The van der Waals surface area contributed by atoms with E-state index in [0.717, 1.165) is 18.5 Å². The van der Waals surface area contributed by atoms with E-state index in [1.165, 1.54) is 0 Å². The molecule has 3 nitrogen and oxygen atoms in total. The highest BCUT2D eigenvalue weighted by molar-refractivity contribution is 6.35. The van der Waals surface area contributed by atoms with Gasteiger partial charge in [0, 0.05) is 17.1 Å². The quantitative estimate of drug-likeness (QED) is 0.700. The molecule has 0 aromatic heterocycles. The van der Waals surface area contributed by atoms with Gasteiger partial charge in [0.05, 0.1) is 17.2 Å². The van der Waals surface area contributed by atoms with Gasteiger partial charge >= 0.3 is 0 Å². The smallest absolute Gasteiger partial charge is 0.142 e. The molecule has 1 rings (SSSR count). The summed E-state index contributed by atoms with van der Waals surface area (Å²) in [4.78, 5) is 0. The minimum Gasteiger partial charge on any atom is -0.489 e. The lowest BCUT2D eigenvalue weighted by Gasteiger charge is -2.20. The highest BCUT2D eigenvalue weighted by atomic mass is 35.5. The average Bonchev–Trinajstić information content (AvgIpc) is 2.35. The molecule has 0 spiro atoms. The van der Waals surface area contributed by atoms with Crippen LogP contribution in [0.15, 0.2) is 12.1 Å². The van der Waals surface area contributed by atoms with Gasteiger partial charge in [0.1, 0.15) is 12.4 Å². The zero-order valence-corrected chi connectivity index (χ0v) is 14.8. The van der Waals surface area contributed by atoms with Crippen LogP contribution in [-0.4, -0.2) is 25.4 Å². The van der Waals surface area contributed by atoms with Gasteiger partial charge < -0.3 is 14.8 Å². The summed E-state index contributed by atoms with van der Waals surface area (Å²) in [5, 5.41) is 4.48. The molecular formula is C16H25Cl2NO2. The molecule has 0 bridgehead atoms. The summed E-state index contributed by atoms with van der Waals surface area (Å²) in [6.45, 7) is 10.8. The Labute approximate surface area is 137 Å². The lowest BCUT2D eigenvalue weighted by molar-refractivity contribution is -0.0163. The summed E-state index contributed by atoms with van der Waals surface area (Å²) in [7, 11) is 0. The van der Waals surface area contributed by atoms with Gasteiger partial charge in [-0.15, -0.1) is 0 Å². The van der Waals surface area contributed by atoms with Crippen molar-refractivity contribution in [2.45, 2.75) is 46.3 Å². The van der Waals surface area contributed by atoms with E-state index in [4.69, 9.17) is 32.7 Å². The molecule has 21 heavy (non-hydrogen) atoms. The third-order valence-electron chi connectivity index (χ3n) is 2.69. The molecule has 1 aromatic rings. The molecule has 0 saturated heterocycles. The van der Waals surface area contributed by atoms with Crippen molar-refractivity contribution in [2.75, 3.05) is 19.8 Å². The minimum absolute atomic E-state index is 0.168. The monoisotopic (exact) mass is 333 g/mol. The summed E-state index contributed by atoms with van der Waals surface area (Å²) in [5.74, 6) is 0.683. The van der Waals surface area contributed by atoms with Gasteiger partial charge in [-0.25, -0.2) is 0 Å². The third kappa shape index (κ3) is 7.37. The standard InChI is InChI=1S/C16H25Cl2NO2/c1-5-6-19-11-12-9-13(17)10-14(18)15(12)20-7-8-21-16(2,3)4/h9-10,19H,5-8,11H2,1-4H3. The van der Waals surface area contributed by atoms with E-state index in [9.17, 15) is 0 Å². The molecule has 0 aliphatic carbocycles. The first kappa shape index (κ1) is 18.6. The largest absolute Gasteiger partial charge is 0.489 e. The zero-order chi connectivity index (χ0) is 15.9. The Bertz CT molecular complexity index is 445. The Hall–Kier alpha value is -0.480. The summed E-state index contributed by atoms with van der Waals surface area (Å²) in [6.07, 6.45) is 1.07. The van der Waals surface area contributed by atoms with E-state index in [2.05, 4.69) is 12.2 Å². The predicted molar refractivity (Wildman–Crippen MR) is 89.7 cm³/mol. The first-order chi connectivity index (χ1) is 9.83. The van der Waals surface area contributed by atoms with Gasteiger partial charge in [0.25, 0.3) is 0 Å². The molecular weight excluding hydrogens is 309 g/mol. The summed E-state index contributed by atoms with van der Waals surface area (Å²) in [6, 6.07) is 3.59. The molecule has 0 aliphatic heterocycles. The van der Waals surface area contributed by atoms with Crippen LogP contribution in [0.3, 0.4) is 0 Å². The van der Waals surface area contributed by atoms with Gasteiger partial charge in [-0.3, -0.25) is 0 Å². The van der Waals surface area contributed by atoms with Crippen molar-refractivity contribution in [1.82, 2.24) is 5.32 Å². The van der Waals surface area contributed by atoms with E-state index in [1.807, 2.05) is 26.8 Å².